The molecule has 0 aromatic heterocycles. The molecule has 0 saturated heterocycles. The van der Waals surface area contributed by atoms with Crippen molar-refractivity contribution in [2.45, 2.75) is 39.3 Å². The number of hydrogen-bond donors (Lipinski definition) is 0. The van der Waals surface area contributed by atoms with Crippen molar-refractivity contribution in [3.8, 4) is 0 Å². The molecular formula is C16H20BrNO4. The van der Waals surface area contributed by atoms with Gasteiger partial charge in [-0.2, -0.15) is 0 Å². The van der Waals surface area contributed by atoms with Gasteiger partial charge in [0.25, 0.3) is 0 Å². The molecule has 0 saturated carbocycles. The Morgan fingerprint density at radius 3 is 2.55 bits per heavy atom. The minimum atomic E-state index is -0.522. The molecule has 22 heavy (non-hydrogen) atoms. The fourth-order valence-electron chi connectivity index (χ4n) is 2.36. The molecule has 0 spiro atoms. The smallest absolute Gasteiger partial charge is 0.410 e. The number of carbonyl (C=O) groups is 2. The Kier molecular flexibility index (Phi) is 4.80. The van der Waals surface area contributed by atoms with Crippen LogP contribution in [0.5, 0.6) is 0 Å². The molecule has 1 aromatic carbocycles. The summed E-state index contributed by atoms with van der Waals surface area (Å²) in [6.07, 6.45) is 0.383. The quantitative estimate of drug-likeness (QED) is 0.710. The van der Waals surface area contributed by atoms with E-state index < -0.39 is 11.6 Å². The lowest BCUT2D eigenvalue weighted by Crippen LogP contribution is -2.40. The normalized spacial score (nSPS) is 14.3. The third kappa shape index (κ3) is 3.80. The molecule has 0 atom stereocenters. The summed E-state index contributed by atoms with van der Waals surface area (Å²) in [5.74, 6) is -0.391. The van der Waals surface area contributed by atoms with Gasteiger partial charge in [-0.15, -0.1) is 0 Å². The molecule has 120 valence electrons. The predicted molar refractivity (Wildman–Crippen MR) is 85.8 cm³/mol. The molecule has 1 amide bonds. The van der Waals surface area contributed by atoms with Crippen LogP contribution in [0, 0.1) is 0 Å². The summed E-state index contributed by atoms with van der Waals surface area (Å²) in [7, 11) is 1.35. The summed E-state index contributed by atoms with van der Waals surface area (Å²) in [5, 5.41) is 0. The van der Waals surface area contributed by atoms with E-state index in [2.05, 4.69) is 15.9 Å². The first-order valence-corrected chi connectivity index (χ1v) is 7.88. The van der Waals surface area contributed by atoms with E-state index in [1.165, 1.54) is 7.11 Å². The third-order valence-corrected chi connectivity index (χ3v) is 4.06. The molecule has 0 unspecified atom stereocenters. The molecule has 6 heteroatoms. The maximum absolute atomic E-state index is 12.2. The Hall–Kier alpha value is -1.56. The Morgan fingerprint density at radius 1 is 1.27 bits per heavy atom. The monoisotopic (exact) mass is 369 g/mol. The van der Waals surface area contributed by atoms with Crippen molar-refractivity contribution in [2.24, 2.45) is 0 Å². The van der Waals surface area contributed by atoms with E-state index in [1.807, 2.05) is 20.8 Å². The molecule has 0 aliphatic carbocycles. The van der Waals surface area contributed by atoms with Crippen molar-refractivity contribution in [1.29, 1.82) is 0 Å². The number of halogens is 1. The fraction of sp³-hybridized carbons (Fsp3) is 0.500. The largest absolute Gasteiger partial charge is 0.465 e. The van der Waals surface area contributed by atoms with Crippen molar-refractivity contribution in [3.05, 3.63) is 33.3 Å². The fourth-order valence-corrected chi connectivity index (χ4v) is 3.06. The lowest BCUT2D eigenvalue weighted by molar-refractivity contribution is 0.0224. The zero-order valence-electron chi connectivity index (χ0n) is 13.2. The highest BCUT2D eigenvalue weighted by molar-refractivity contribution is 9.10. The molecule has 1 aliphatic heterocycles. The number of ether oxygens (including phenoxy) is 2. The highest BCUT2D eigenvalue weighted by Crippen LogP contribution is 2.29. The zero-order valence-corrected chi connectivity index (χ0v) is 14.8. The van der Waals surface area contributed by atoms with Crippen molar-refractivity contribution in [3.63, 3.8) is 0 Å². The van der Waals surface area contributed by atoms with Crippen LogP contribution in [0.15, 0.2) is 16.6 Å². The number of amides is 1. The van der Waals surface area contributed by atoms with Gasteiger partial charge in [0, 0.05) is 17.6 Å². The molecular weight excluding hydrogens is 350 g/mol. The lowest BCUT2D eigenvalue weighted by atomic mass is 9.97. The summed E-state index contributed by atoms with van der Waals surface area (Å²) >= 11 is 3.49. The number of rotatable bonds is 1. The van der Waals surface area contributed by atoms with Crippen molar-refractivity contribution in [1.82, 2.24) is 4.90 Å². The van der Waals surface area contributed by atoms with Gasteiger partial charge in [-0.3, -0.25) is 0 Å². The zero-order chi connectivity index (χ0) is 16.5. The number of esters is 1. The summed E-state index contributed by atoms with van der Waals surface area (Å²) in [4.78, 5) is 25.5. The maximum Gasteiger partial charge on any atom is 0.410 e. The van der Waals surface area contributed by atoms with Gasteiger partial charge in [-0.1, -0.05) is 15.9 Å². The van der Waals surface area contributed by atoms with Gasteiger partial charge in [0.1, 0.15) is 5.60 Å². The van der Waals surface area contributed by atoms with Crippen molar-refractivity contribution in [2.75, 3.05) is 13.7 Å². The standard InChI is InChI=1S/C16H20BrNO4/c1-16(2,3)22-15(20)18-6-5-12-11(9-18)7-10(8-13(12)17)14(19)21-4/h7-8H,5-6,9H2,1-4H3. The van der Waals surface area contributed by atoms with Gasteiger partial charge < -0.3 is 14.4 Å². The van der Waals surface area contributed by atoms with Crippen molar-refractivity contribution >= 4 is 28.0 Å². The highest BCUT2D eigenvalue weighted by atomic mass is 79.9. The van der Waals surface area contributed by atoms with Crippen LogP contribution in [0.4, 0.5) is 4.79 Å². The van der Waals surface area contributed by atoms with E-state index in [4.69, 9.17) is 9.47 Å². The molecule has 0 bridgehead atoms. The Bertz CT molecular complexity index is 607. The van der Waals surface area contributed by atoms with Crippen LogP contribution in [-0.4, -0.2) is 36.2 Å². The average Bonchev–Trinajstić information content (AvgIpc) is 2.43. The number of nitrogens with zero attached hydrogens (tertiary/aromatic N) is 1. The van der Waals surface area contributed by atoms with Crippen LogP contribution in [0.25, 0.3) is 0 Å². The number of carbonyl (C=O) groups excluding carboxylic acids is 2. The summed E-state index contributed by atoms with van der Waals surface area (Å²) in [6, 6.07) is 3.54. The number of methoxy groups -OCH3 is 1. The lowest BCUT2D eigenvalue weighted by Gasteiger charge is -2.31. The predicted octanol–water partition coefficient (Wildman–Crippen LogP) is 3.53. The molecule has 1 heterocycles. The number of hydrogen-bond acceptors (Lipinski definition) is 4. The van der Waals surface area contributed by atoms with E-state index in [0.29, 0.717) is 18.7 Å². The van der Waals surface area contributed by atoms with Gasteiger partial charge in [0.05, 0.1) is 12.7 Å². The van der Waals surface area contributed by atoms with Crippen LogP contribution < -0.4 is 0 Å². The SMILES string of the molecule is COC(=O)c1cc(Br)c2c(c1)CN(C(=O)OC(C)(C)C)CC2. The van der Waals surface area contributed by atoms with Crippen LogP contribution in [0.1, 0.15) is 42.3 Å². The first-order chi connectivity index (χ1) is 10.2. The molecule has 0 N–H and O–H groups in total. The second-order valence-electron chi connectivity index (χ2n) is 6.24. The van der Waals surface area contributed by atoms with Crippen molar-refractivity contribution < 1.29 is 19.1 Å². The number of benzene rings is 1. The average molecular weight is 370 g/mol. The first-order valence-electron chi connectivity index (χ1n) is 7.09. The van der Waals surface area contributed by atoms with Gasteiger partial charge in [0.15, 0.2) is 0 Å². The molecule has 1 aliphatic rings. The topological polar surface area (TPSA) is 55.8 Å². The second kappa shape index (κ2) is 6.28. The van der Waals surface area contributed by atoms with E-state index in [-0.39, 0.29) is 6.09 Å². The Morgan fingerprint density at radius 2 is 1.95 bits per heavy atom. The van der Waals surface area contributed by atoms with Crippen LogP contribution >= 0.6 is 15.9 Å². The summed E-state index contributed by atoms with van der Waals surface area (Å²) < 4.78 is 11.0. The molecule has 0 fully saturated rings. The summed E-state index contributed by atoms with van der Waals surface area (Å²) in [6.45, 7) is 6.55. The Balaban J connectivity index is 2.23. The van der Waals surface area contributed by atoms with Gasteiger partial charge >= 0.3 is 12.1 Å². The number of fused-ring (bicyclic) bond motifs is 1. The van der Waals surface area contributed by atoms with E-state index in [9.17, 15) is 9.59 Å². The van der Waals surface area contributed by atoms with Crippen LogP contribution in [0.2, 0.25) is 0 Å². The second-order valence-corrected chi connectivity index (χ2v) is 7.09. The van der Waals surface area contributed by atoms with Gasteiger partial charge in [0.2, 0.25) is 0 Å². The summed E-state index contributed by atoms with van der Waals surface area (Å²) in [5.41, 5.74) is 2.00. The van der Waals surface area contributed by atoms with E-state index in [1.54, 1.807) is 17.0 Å². The molecule has 1 aromatic rings. The highest BCUT2D eigenvalue weighted by Gasteiger charge is 2.27. The van der Waals surface area contributed by atoms with Crippen LogP contribution in [0.3, 0.4) is 0 Å². The van der Waals surface area contributed by atoms with E-state index >= 15 is 0 Å². The molecule has 5 nitrogen and oxygen atoms in total. The minimum Gasteiger partial charge on any atom is -0.465 e. The Labute approximate surface area is 138 Å². The molecule has 0 radical (unpaired) electrons. The maximum atomic E-state index is 12.2. The van der Waals surface area contributed by atoms with E-state index in [0.717, 1.165) is 22.0 Å². The molecule has 2 rings (SSSR count). The minimum absolute atomic E-state index is 0.335. The van der Waals surface area contributed by atoms with Gasteiger partial charge in [-0.25, -0.2) is 9.59 Å². The first kappa shape index (κ1) is 16.8. The third-order valence-electron chi connectivity index (χ3n) is 3.35. The van der Waals surface area contributed by atoms with Gasteiger partial charge in [-0.05, 0) is 50.5 Å². The van der Waals surface area contributed by atoms with Crippen LogP contribution in [-0.2, 0) is 22.4 Å².